The second-order valence-corrected chi connectivity index (χ2v) is 16.7. The van der Waals surface area contributed by atoms with Gasteiger partial charge in [0.2, 0.25) is 0 Å². The van der Waals surface area contributed by atoms with Gasteiger partial charge < -0.3 is 9.80 Å². The number of rotatable bonds is 7. The molecule has 1 spiro atoms. The summed E-state index contributed by atoms with van der Waals surface area (Å²) in [6.45, 7) is 8.20. The van der Waals surface area contributed by atoms with E-state index in [0.717, 1.165) is 34.1 Å². The molecule has 2 nitrogen and oxygen atoms in total. The fraction of sp³-hybridized carbons (Fsp3) is 0.0794. The normalized spacial score (nSPS) is 13.1. The Balaban J connectivity index is 0.00000231. The molecule has 0 N–H and O–H groups in total. The highest BCUT2D eigenvalue weighted by molar-refractivity contribution is 6.21. The van der Waals surface area contributed by atoms with Gasteiger partial charge in [-0.25, -0.2) is 0 Å². The molecule has 0 heterocycles. The Labute approximate surface area is 382 Å². The number of anilines is 5. The first-order valence-corrected chi connectivity index (χ1v) is 23.0. The van der Waals surface area contributed by atoms with Crippen LogP contribution < -0.4 is 9.80 Å². The van der Waals surface area contributed by atoms with Gasteiger partial charge in [0.15, 0.2) is 0 Å². The second kappa shape index (κ2) is 16.3. The van der Waals surface area contributed by atoms with Crippen LogP contribution in [0.15, 0.2) is 236 Å². The number of benzene rings is 10. The van der Waals surface area contributed by atoms with Crippen molar-refractivity contribution in [1.29, 1.82) is 0 Å². The summed E-state index contributed by atoms with van der Waals surface area (Å²) in [5.74, 6) is 0. The molecule has 0 atom stereocenters. The summed E-state index contributed by atoms with van der Waals surface area (Å²) in [5, 5.41) is 7.50. The van der Waals surface area contributed by atoms with Gasteiger partial charge in [-0.2, -0.15) is 0 Å². The van der Waals surface area contributed by atoms with E-state index in [1.165, 1.54) is 76.8 Å². The average Bonchev–Trinajstić information content (AvgIpc) is 3.84. The Morgan fingerprint density at radius 2 is 0.954 bits per heavy atom. The quantitative estimate of drug-likeness (QED) is 0.117. The zero-order valence-electron chi connectivity index (χ0n) is 37.3. The molecule has 312 valence electrons. The fourth-order valence-electron chi connectivity index (χ4n) is 11.0. The van der Waals surface area contributed by atoms with E-state index in [9.17, 15) is 0 Å². The van der Waals surface area contributed by atoms with Crippen LogP contribution in [0.2, 0.25) is 0 Å². The van der Waals surface area contributed by atoms with Crippen molar-refractivity contribution < 1.29 is 0 Å². The van der Waals surface area contributed by atoms with E-state index < -0.39 is 5.41 Å². The molecule has 2 heteroatoms. The van der Waals surface area contributed by atoms with Crippen LogP contribution in [0.4, 0.5) is 28.4 Å². The van der Waals surface area contributed by atoms with Crippen LogP contribution in [0.25, 0.3) is 54.6 Å². The molecule has 2 aliphatic rings. The monoisotopic (exact) mass is 834 g/mol. The van der Waals surface area contributed by atoms with Gasteiger partial charge in [0.25, 0.3) is 0 Å². The Bertz CT molecular complexity index is 3390. The highest BCUT2D eigenvalue weighted by atomic mass is 15.1. The third-order valence-electron chi connectivity index (χ3n) is 13.4. The van der Waals surface area contributed by atoms with Gasteiger partial charge in [0.05, 0.1) is 5.41 Å². The van der Waals surface area contributed by atoms with Crippen LogP contribution in [-0.2, 0) is 5.41 Å². The minimum atomic E-state index is -0.553. The van der Waals surface area contributed by atoms with Crippen molar-refractivity contribution in [3.63, 3.8) is 0 Å². The molecule has 2 aliphatic carbocycles. The van der Waals surface area contributed by atoms with Crippen LogP contribution in [0.5, 0.6) is 0 Å². The molecule has 0 amide bonds. The van der Waals surface area contributed by atoms with Crippen LogP contribution in [0, 0.1) is 0 Å². The van der Waals surface area contributed by atoms with Crippen LogP contribution in [-0.4, -0.2) is 0 Å². The number of allylic oxidation sites excluding steroid dienone is 3. The van der Waals surface area contributed by atoms with Crippen molar-refractivity contribution in [3.8, 4) is 22.3 Å². The van der Waals surface area contributed by atoms with Gasteiger partial charge in [-0.3, -0.25) is 0 Å². The van der Waals surface area contributed by atoms with E-state index in [2.05, 4.69) is 254 Å². The molecule has 10 aromatic carbocycles. The van der Waals surface area contributed by atoms with E-state index in [-0.39, 0.29) is 0 Å². The highest BCUT2D eigenvalue weighted by Crippen LogP contribution is 2.66. The Morgan fingerprint density at radius 1 is 0.400 bits per heavy atom. The van der Waals surface area contributed by atoms with Crippen molar-refractivity contribution in [1.82, 2.24) is 0 Å². The molecule has 0 saturated carbocycles. The molecule has 12 rings (SSSR count). The van der Waals surface area contributed by atoms with Crippen molar-refractivity contribution in [2.24, 2.45) is 0 Å². The first kappa shape index (κ1) is 39.9. The lowest BCUT2D eigenvalue weighted by Crippen LogP contribution is -2.26. The molecule has 0 unspecified atom stereocenters. The van der Waals surface area contributed by atoms with Gasteiger partial charge in [0, 0.05) is 34.1 Å². The standard InChI is InChI=1S/C61H44N2.C2H6/c1-3-20-43(4-2)62(44-21-8-5-9-22-44)47-34-33-41-38-55-58(39-42(41)37-47)61(56-31-18-16-28-50(56)51-29-17-19-32-57(51)61)60-53-36-35-48(40-54(53)49-27-14-15-30-52(49)59(55)60)63(45-23-10-6-11-24-45)46-25-12-7-13-26-46;1-2/h3-40H,1-2H3;1-2H3/b20-3-,43-4+;. The minimum Gasteiger partial charge on any atom is -0.311 e. The summed E-state index contributed by atoms with van der Waals surface area (Å²) in [4.78, 5) is 4.74. The second-order valence-electron chi connectivity index (χ2n) is 16.7. The van der Waals surface area contributed by atoms with Crippen molar-refractivity contribution in [2.75, 3.05) is 9.80 Å². The zero-order chi connectivity index (χ0) is 44.1. The first-order chi connectivity index (χ1) is 32.2. The third kappa shape index (κ3) is 6.09. The number of nitrogens with zero attached hydrogens (tertiary/aromatic N) is 2. The third-order valence-corrected chi connectivity index (χ3v) is 13.4. The fourth-order valence-corrected chi connectivity index (χ4v) is 11.0. The molecule has 0 fully saturated rings. The predicted octanol–water partition coefficient (Wildman–Crippen LogP) is 17.6. The van der Waals surface area contributed by atoms with Gasteiger partial charge in [-0.05, 0) is 170 Å². The van der Waals surface area contributed by atoms with Crippen molar-refractivity contribution >= 4 is 60.8 Å². The van der Waals surface area contributed by atoms with Crippen molar-refractivity contribution in [2.45, 2.75) is 33.1 Å². The summed E-state index contributed by atoms with van der Waals surface area (Å²) in [5.41, 5.74) is 16.8. The number of hydrogen-bond acceptors (Lipinski definition) is 2. The summed E-state index contributed by atoms with van der Waals surface area (Å²) >= 11 is 0. The van der Waals surface area contributed by atoms with Gasteiger partial charge >= 0.3 is 0 Å². The molecule has 0 aliphatic heterocycles. The smallest absolute Gasteiger partial charge is 0.0731 e. The van der Waals surface area contributed by atoms with Crippen LogP contribution >= 0.6 is 0 Å². The maximum absolute atomic E-state index is 2.53. The van der Waals surface area contributed by atoms with Crippen LogP contribution in [0.3, 0.4) is 0 Å². The van der Waals surface area contributed by atoms with Gasteiger partial charge in [0.1, 0.15) is 0 Å². The van der Waals surface area contributed by atoms with Crippen molar-refractivity contribution in [3.05, 3.63) is 259 Å². The molecular formula is C63H50N2. The zero-order valence-corrected chi connectivity index (χ0v) is 37.3. The summed E-state index contributed by atoms with van der Waals surface area (Å²) < 4.78 is 0. The lowest BCUT2D eigenvalue weighted by atomic mass is 9.69. The van der Waals surface area contributed by atoms with E-state index >= 15 is 0 Å². The van der Waals surface area contributed by atoms with E-state index in [0.29, 0.717) is 0 Å². The number of hydrogen-bond donors (Lipinski definition) is 0. The van der Waals surface area contributed by atoms with E-state index in [1.54, 1.807) is 0 Å². The first-order valence-electron chi connectivity index (χ1n) is 23.0. The molecule has 0 saturated heterocycles. The topological polar surface area (TPSA) is 6.48 Å². The predicted molar refractivity (Wildman–Crippen MR) is 278 cm³/mol. The largest absolute Gasteiger partial charge is 0.311 e. The lowest BCUT2D eigenvalue weighted by molar-refractivity contribution is 0.803. The SMILES string of the molecule is C/C=C\C(=C/C)N(c1ccccc1)c1ccc2cc3c(cc2c1)C1(c2ccccc2-c2ccccc21)c1c-3c2ccccc2c2cc(N(c3ccccc3)c3ccccc3)ccc12.CC. The van der Waals surface area contributed by atoms with E-state index in [4.69, 9.17) is 0 Å². The summed E-state index contributed by atoms with van der Waals surface area (Å²) in [6.07, 6.45) is 6.50. The number of fused-ring (bicyclic) bond motifs is 16. The lowest BCUT2D eigenvalue weighted by Gasteiger charge is -2.32. The maximum atomic E-state index is 2.53. The van der Waals surface area contributed by atoms with Crippen LogP contribution in [0.1, 0.15) is 49.9 Å². The molecule has 10 aromatic rings. The molecule has 0 aromatic heterocycles. The Kier molecular flexibility index (Phi) is 10.0. The Hall–Kier alpha value is -7.94. The highest BCUT2D eigenvalue weighted by Gasteiger charge is 2.53. The van der Waals surface area contributed by atoms with Gasteiger partial charge in [-0.15, -0.1) is 0 Å². The average molecular weight is 835 g/mol. The Morgan fingerprint density at radius 3 is 1.57 bits per heavy atom. The molecule has 0 radical (unpaired) electrons. The summed E-state index contributed by atoms with van der Waals surface area (Å²) in [7, 11) is 0. The molecular weight excluding hydrogens is 785 g/mol. The molecule has 65 heavy (non-hydrogen) atoms. The number of para-hydroxylation sites is 3. The van der Waals surface area contributed by atoms with E-state index in [1.807, 2.05) is 13.8 Å². The van der Waals surface area contributed by atoms with Gasteiger partial charge in [-0.1, -0.05) is 166 Å². The summed E-state index contributed by atoms with van der Waals surface area (Å²) in [6, 6.07) is 78.8. The maximum Gasteiger partial charge on any atom is 0.0731 e. The minimum absolute atomic E-state index is 0.553. The molecule has 0 bridgehead atoms.